The summed E-state index contributed by atoms with van der Waals surface area (Å²) in [5, 5.41) is 3.44. The number of hydrogen-bond donors (Lipinski definition) is 1. The maximum atomic E-state index is 5.29. The first kappa shape index (κ1) is 15.3. The van der Waals surface area contributed by atoms with Crippen LogP contribution in [0.4, 0.5) is 0 Å². The van der Waals surface area contributed by atoms with Crippen LogP contribution in [-0.2, 0) is 13.0 Å². The Kier molecular flexibility index (Phi) is 5.51. The van der Waals surface area contributed by atoms with Gasteiger partial charge in [0, 0.05) is 37.0 Å². The van der Waals surface area contributed by atoms with Gasteiger partial charge in [0.2, 0.25) is 5.88 Å². The Morgan fingerprint density at radius 2 is 2.00 bits per heavy atom. The molecule has 0 fully saturated rings. The van der Waals surface area contributed by atoms with Crippen LogP contribution in [0.25, 0.3) is 0 Å². The molecule has 0 bridgehead atoms. The number of nitrogens with zero attached hydrogens (tertiary/aromatic N) is 2. The molecule has 0 aliphatic carbocycles. The molecule has 2 aromatic heterocycles. The first-order chi connectivity index (χ1) is 10.2. The van der Waals surface area contributed by atoms with Gasteiger partial charge < -0.3 is 14.8 Å². The lowest BCUT2D eigenvalue weighted by atomic mass is 10.1. The molecule has 5 heteroatoms. The van der Waals surface area contributed by atoms with Crippen LogP contribution >= 0.6 is 0 Å². The van der Waals surface area contributed by atoms with Gasteiger partial charge in [-0.25, -0.2) is 4.98 Å². The van der Waals surface area contributed by atoms with Gasteiger partial charge in [-0.3, -0.25) is 4.98 Å². The third-order valence-electron chi connectivity index (χ3n) is 3.19. The first-order valence-corrected chi connectivity index (χ1v) is 6.94. The lowest BCUT2D eigenvalue weighted by molar-refractivity contribution is 0.394. The summed E-state index contributed by atoms with van der Waals surface area (Å²) in [6.07, 6.45) is 2.60. The molecule has 0 spiro atoms. The van der Waals surface area contributed by atoms with Gasteiger partial charge in [-0.05, 0) is 25.1 Å². The average molecular weight is 287 g/mol. The van der Waals surface area contributed by atoms with Crippen molar-refractivity contribution in [3.8, 4) is 11.6 Å². The molecule has 0 saturated heterocycles. The molecular formula is C16H21N3O2. The summed E-state index contributed by atoms with van der Waals surface area (Å²) in [7, 11) is 3.28. The molecule has 0 saturated carbocycles. The molecular weight excluding hydrogens is 266 g/mol. The minimum atomic E-state index is 0.274. The van der Waals surface area contributed by atoms with E-state index >= 15 is 0 Å². The Bertz CT molecular complexity index is 575. The Balaban J connectivity index is 1.91. The van der Waals surface area contributed by atoms with E-state index in [9.17, 15) is 0 Å². The summed E-state index contributed by atoms with van der Waals surface area (Å²) >= 11 is 0. The molecule has 0 aromatic carbocycles. The zero-order chi connectivity index (χ0) is 15.1. The molecule has 5 nitrogen and oxygen atoms in total. The summed E-state index contributed by atoms with van der Waals surface area (Å²) in [5.74, 6) is 1.45. The van der Waals surface area contributed by atoms with Crippen LogP contribution in [0.5, 0.6) is 11.6 Å². The minimum Gasteiger partial charge on any atom is -0.495 e. The van der Waals surface area contributed by atoms with Crippen LogP contribution in [0.2, 0.25) is 0 Å². The summed E-state index contributed by atoms with van der Waals surface area (Å²) < 4.78 is 10.4. The molecule has 0 aliphatic rings. The molecule has 1 N–H and O–H groups in total. The quantitative estimate of drug-likeness (QED) is 0.846. The van der Waals surface area contributed by atoms with Gasteiger partial charge in [0.25, 0.3) is 0 Å². The third kappa shape index (κ3) is 4.43. The van der Waals surface area contributed by atoms with Crippen molar-refractivity contribution in [3.05, 3.63) is 47.9 Å². The van der Waals surface area contributed by atoms with E-state index < -0.39 is 0 Å². The molecule has 2 heterocycles. The van der Waals surface area contributed by atoms with Crippen LogP contribution in [-0.4, -0.2) is 30.2 Å². The van der Waals surface area contributed by atoms with Crippen molar-refractivity contribution in [1.29, 1.82) is 0 Å². The van der Waals surface area contributed by atoms with E-state index in [-0.39, 0.29) is 6.04 Å². The fraction of sp³-hybridized carbons (Fsp3) is 0.375. The number of ether oxygens (including phenoxy) is 2. The maximum absolute atomic E-state index is 5.29. The molecule has 2 rings (SSSR count). The highest BCUT2D eigenvalue weighted by Gasteiger charge is 2.08. The fourth-order valence-electron chi connectivity index (χ4n) is 2.08. The predicted molar refractivity (Wildman–Crippen MR) is 81.6 cm³/mol. The second-order valence-electron chi connectivity index (χ2n) is 4.81. The van der Waals surface area contributed by atoms with Crippen LogP contribution in [0.3, 0.4) is 0 Å². The van der Waals surface area contributed by atoms with Gasteiger partial charge >= 0.3 is 0 Å². The lowest BCUT2D eigenvalue weighted by Gasteiger charge is -2.14. The Hall–Kier alpha value is -2.14. The highest BCUT2D eigenvalue weighted by Crippen LogP contribution is 2.14. The summed E-state index contributed by atoms with van der Waals surface area (Å²) in [6.45, 7) is 2.78. The van der Waals surface area contributed by atoms with E-state index in [2.05, 4.69) is 22.2 Å². The second kappa shape index (κ2) is 7.59. The first-order valence-electron chi connectivity index (χ1n) is 6.94. The fourth-order valence-corrected chi connectivity index (χ4v) is 2.08. The zero-order valence-corrected chi connectivity index (χ0v) is 12.7. The van der Waals surface area contributed by atoms with E-state index in [0.29, 0.717) is 12.4 Å². The summed E-state index contributed by atoms with van der Waals surface area (Å²) in [5.41, 5.74) is 1.91. The molecule has 0 amide bonds. The van der Waals surface area contributed by atoms with Gasteiger partial charge in [-0.1, -0.05) is 6.07 Å². The van der Waals surface area contributed by atoms with Crippen molar-refractivity contribution >= 4 is 0 Å². The van der Waals surface area contributed by atoms with Crippen molar-refractivity contribution in [2.24, 2.45) is 0 Å². The van der Waals surface area contributed by atoms with Gasteiger partial charge in [0.05, 0.1) is 19.9 Å². The van der Waals surface area contributed by atoms with Gasteiger partial charge in [-0.15, -0.1) is 0 Å². The molecule has 21 heavy (non-hydrogen) atoms. The Morgan fingerprint density at radius 3 is 2.76 bits per heavy atom. The van der Waals surface area contributed by atoms with Crippen LogP contribution in [0.1, 0.15) is 18.3 Å². The van der Waals surface area contributed by atoms with Crippen LogP contribution < -0.4 is 14.8 Å². The zero-order valence-electron chi connectivity index (χ0n) is 12.7. The number of hydrogen-bond acceptors (Lipinski definition) is 5. The van der Waals surface area contributed by atoms with E-state index in [4.69, 9.17) is 9.47 Å². The predicted octanol–water partition coefficient (Wildman–Crippen LogP) is 2.21. The topological polar surface area (TPSA) is 56.3 Å². The van der Waals surface area contributed by atoms with Crippen molar-refractivity contribution in [3.63, 3.8) is 0 Å². The second-order valence-corrected chi connectivity index (χ2v) is 4.81. The Morgan fingerprint density at radius 1 is 1.14 bits per heavy atom. The summed E-state index contributed by atoms with van der Waals surface area (Å²) in [6, 6.07) is 9.86. The van der Waals surface area contributed by atoms with Gasteiger partial charge in [0.1, 0.15) is 5.75 Å². The smallest absolute Gasteiger partial charge is 0.213 e. The third-order valence-corrected chi connectivity index (χ3v) is 3.19. The number of methoxy groups -OCH3 is 2. The lowest BCUT2D eigenvalue weighted by Crippen LogP contribution is -2.28. The standard InChI is InChI=1S/C16H21N3O2/c1-12(10-13-6-4-8-16(19-13)21-3)18-11-14-15(20-2)7-5-9-17-14/h4-9,12,18H,10-11H2,1-3H3. The Labute approximate surface area is 125 Å². The molecule has 112 valence electrons. The van der Waals surface area contributed by atoms with Crippen LogP contribution in [0, 0.1) is 0 Å². The van der Waals surface area contributed by atoms with E-state index in [0.717, 1.165) is 23.6 Å². The number of aromatic nitrogens is 2. The maximum Gasteiger partial charge on any atom is 0.213 e. The van der Waals surface area contributed by atoms with Crippen molar-refractivity contribution in [2.45, 2.75) is 25.9 Å². The average Bonchev–Trinajstić information content (AvgIpc) is 2.53. The number of rotatable bonds is 7. The van der Waals surface area contributed by atoms with Crippen molar-refractivity contribution in [1.82, 2.24) is 15.3 Å². The summed E-state index contributed by atoms with van der Waals surface area (Å²) in [4.78, 5) is 8.75. The highest BCUT2D eigenvalue weighted by atomic mass is 16.5. The molecule has 1 unspecified atom stereocenters. The molecule has 0 radical (unpaired) electrons. The van der Waals surface area contributed by atoms with E-state index in [1.54, 1.807) is 20.4 Å². The van der Waals surface area contributed by atoms with Crippen molar-refractivity contribution < 1.29 is 9.47 Å². The molecule has 1 atom stereocenters. The minimum absolute atomic E-state index is 0.274. The van der Waals surface area contributed by atoms with E-state index in [1.807, 2.05) is 30.3 Å². The van der Waals surface area contributed by atoms with Crippen LogP contribution in [0.15, 0.2) is 36.5 Å². The number of pyridine rings is 2. The highest BCUT2D eigenvalue weighted by molar-refractivity contribution is 5.26. The number of nitrogens with one attached hydrogen (secondary N) is 1. The van der Waals surface area contributed by atoms with Crippen molar-refractivity contribution in [2.75, 3.05) is 14.2 Å². The van der Waals surface area contributed by atoms with Gasteiger partial charge in [0.15, 0.2) is 0 Å². The molecule has 0 aliphatic heterocycles. The van der Waals surface area contributed by atoms with Gasteiger partial charge in [-0.2, -0.15) is 0 Å². The SMILES string of the molecule is COc1cccc(CC(C)NCc2ncccc2OC)n1. The normalized spacial score (nSPS) is 12.0. The van der Waals surface area contributed by atoms with E-state index in [1.165, 1.54) is 0 Å². The largest absolute Gasteiger partial charge is 0.495 e. The monoisotopic (exact) mass is 287 g/mol. The molecule has 2 aromatic rings.